The minimum Gasteiger partial charge on any atom is -0.495 e. The summed E-state index contributed by atoms with van der Waals surface area (Å²) in [5, 5.41) is 8.14. The SMILES string of the molecule is COc1ccsc1C(=O)N1CCCC(CNC(=O)C2CCCN2)C1.Cl. The smallest absolute Gasteiger partial charge is 0.267 e. The fourth-order valence-corrected chi connectivity index (χ4v) is 4.28. The van der Waals surface area contributed by atoms with E-state index in [9.17, 15) is 9.59 Å². The number of carbonyl (C=O) groups excluding carboxylic acids is 2. The molecule has 8 heteroatoms. The Labute approximate surface area is 158 Å². The molecule has 0 aromatic carbocycles. The molecule has 2 amide bonds. The highest BCUT2D eigenvalue weighted by Gasteiger charge is 2.28. The Morgan fingerprint density at radius 3 is 2.96 bits per heavy atom. The van der Waals surface area contributed by atoms with E-state index in [1.54, 1.807) is 7.11 Å². The van der Waals surface area contributed by atoms with E-state index >= 15 is 0 Å². The number of methoxy groups -OCH3 is 1. The van der Waals surface area contributed by atoms with Gasteiger partial charge in [-0.25, -0.2) is 0 Å². The highest BCUT2D eigenvalue weighted by Crippen LogP contribution is 2.28. The Morgan fingerprint density at radius 2 is 2.24 bits per heavy atom. The summed E-state index contributed by atoms with van der Waals surface area (Å²) in [4.78, 5) is 27.4. The van der Waals surface area contributed by atoms with E-state index in [0.717, 1.165) is 38.8 Å². The lowest BCUT2D eigenvalue weighted by molar-refractivity contribution is -0.123. The quantitative estimate of drug-likeness (QED) is 0.809. The first kappa shape index (κ1) is 20.0. The molecular weight excluding hydrogens is 362 g/mol. The lowest BCUT2D eigenvalue weighted by atomic mass is 9.97. The van der Waals surface area contributed by atoms with Gasteiger partial charge in [0, 0.05) is 19.6 Å². The van der Waals surface area contributed by atoms with Crippen LogP contribution in [0.1, 0.15) is 35.4 Å². The molecule has 2 fully saturated rings. The predicted molar refractivity (Wildman–Crippen MR) is 101 cm³/mol. The molecule has 0 spiro atoms. The van der Waals surface area contributed by atoms with Gasteiger partial charge in [-0.05, 0) is 49.6 Å². The van der Waals surface area contributed by atoms with Crippen LogP contribution in [-0.4, -0.2) is 56.0 Å². The van der Waals surface area contributed by atoms with Crippen LogP contribution in [0.25, 0.3) is 0 Å². The number of hydrogen-bond donors (Lipinski definition) is 2. The molecule has 2 atom stereocenters. The van der Waals surface area contributed by atoms with Crippen LogP contribution < -0.4 is 15.4 Å². The van der Waals surface area contributed by atoms with E-state index in [1.165, 1.54) is 11.3 Å². The Balaban J connectivity index is 0.00000225. The zero-order chi connectivity index (χ0) is 16.9. The van der Waals surface area contributed by atoms with Crippen molar-refractivity contribution in [3.05, 3.63) is 16.3 Å². The Morgan fingerprint density at radius 1 is 1.40 bits per heavy atom. The van der Waals surface area contributed by atoms with Crippen LogP contribution in [0.3, 0.4) is 0 Å². The lowest BCUT2D eigenvalue weighted by Gasteiger charge is -2.33. The normalized spacial score (nSPS) is 23.0. The molecule has 2 unspecified atom stereocenters. The van der Waals surface area contributed by atoms with Crippen molar-refractivity contribution in [2.24, 2.45) is 5.92 Å². The topological polar surface area (TPSA) is 70.7 Å². The van der Waals surface area contributed by atoms with Crippen LogP contribution in [0.4, 0.5) is 0 Å². The van der Waals surface area contributed by atoms with Gasteiger partial charge in [-0.2, -0.15) is 0 Å². The largest absolute Gasteiger partial charge is 0.495 e. The first-order valence-corrected chi connectivity index (χ1v) is 9.49. The van der Waals surface area contributed by atoms with Crippen molar-refractivity contribution in [3.8, 4) is 5.75 Å². The number of carbonyl (C=O) groups is 2. The molecule has 2 aliphatic rings. The number of amides is 2. The highest BCUT2D eigenvalue weighted by atomic mass is 35.5. The van der Waals surface area contributed by atoms with Crippen LogP contribution in [0.15, 0.2) is 11.4 Å². The van der Waals surface area contributed by atoms with Crippen LogP contribution in [0.5, 0.6) is 5.75 Å². The molecule has 3 heterocycles. The molecule has 2 saturated heterocycles. The number of hydrogen-bond acceptors (Lipinski definition) is 5. The molecule has 3 rings (SSSR count). The third kappa shape index (κ3) is 4.86. The van der Waals surface area contributed by atoms with Gasteiger partial charge in [-0.15, -0.1) is 23.7 Å². The van der Waals surface area contributed by atoms with E-state index in [4.69, 9.17) is 4.74 Å². The number of thiophene rings is 1. The average molecular weight is 388 g/mol. The van der Waals surface area contributed by atoms with E-state index < -0.39 is 0 Å². The molecule has 0 aliphatic carbocycles. The van der Waals surface area contributed by atoms with Gasteiger partial charge in [0.05, 0.1) is 13.2 Å². The summed E-state index contributed by atoms with van der Waals surface area (Å²) in [6, 6.07) is 1.79. The van der Waals surface area contributed by atoms with Gasteiger partial charge in [0.2, 0.25) is 5.91 Å². The van der Waals surface area contributed by atoms with E-state index in [0.29, 0.717) is 29.6 Å². The van der Waals surface area contributed by atoms with E-state index in [-0.39, 0.29) is 30.3 Å². The van der Waals surface area contributed by atoms with Crippen molar-refractivity contribution in [2.45, 2.75) is 31.7 Å². The summed E-state index contributed by atoms with van der Waals surface area (Å²) in [7, 11) is 1.59. The van der Waals surface area contributed by atoms with Crippen LogP contribution in [0, 0.1) is 5.92 Å². The Bertz CT molecular complexity index is 589. The van der Waals surface area contributed by atoms with Gasteiger partial charge >= 0.3 is 0 Å². The summed E-state index contributed by atoms with van der Waals surface area (Å²) in [6.45, 7) is 3.03. The second-order valence-electron chi connectivity index (χ2n) is 6.47. The molecule has 0 saturated carbocycles. The molecule has 0 bridgehead atoms. The molecule has 0 radical (unpaired) electrons. The van der Waals surface area contributed by atoms with Gasteiger partial charge in [-0.1, -0.05) is 0 Å². The molecule has 6 nitrogen and oxygen atoms in total. The molecule has 1 aromatic rings. The zero-order valence-electron chi connectivity index (χ0n) is 14.5. The number of ether oxygens (including phenoxy) is 1. The van der Waals surface area contributed by atoms with Crippen molar-refractivity contribution >= 4 is 35.6 Å². The Kier molecular flexibility index (Phi) is 7.53. The van der Waals surface area contributed by atoms with Gasteiger partial charge in [0.1, 0.15) is 10.6 Å². The van der Waals surface area contributed by atoms with Crippen LogP contribution in [-0.2, 0) is 4.79 Å². The Hall–Kier alpha value is -1.31. The van der Waals surface area contributed by atoms with E-state index in [2.05, 4.69) is 10.6 Å². The standard InChI is InChI=1S/C17H25N3O3S.ClH/c1-23-14-6-9-24-15(14)17(22)20-8-3-4-12(11-20)10-19-16(21)13-5-2-7-18-13;/h6,9,12-13,18H,2-5,7-8,10-11H2,1H3,(H,19,21);1H. The lowest BCUT2D eigenvalue weighted by Crippen LogP contribution is -2.46. The number of piperidine rings is 1. The van der Waals surface area contributed by atoms with Crippen LogP contribution in [0.2, 0.25) is 0 Å². The summed E-state index contributed by atoms with van der Waals surface area (Å²) < 4.78 is 5.26. The summed E-state index contributed by atoms with van der Waals surface area (Å²) in [6.07, 6.45) is 4.00. The van der Waals surface area contributed by atoms with Crippen molar-refractivity contribution in [2.75, 3.05) is 33.3 Å². The molecular formula is C17H26ClN3O3S. The first-order chi connectivity index (χ1) is 11.7. The summed E-state index contributed by atoms with van der Waals surface area (Å²) in [5.41, 5.74) is 0. The molecule has 25 heavy (non-hydrogen) atoms. The number of nitrogens with one attached hydrogen (secondary N) is 2. The highest BCUT2D eigenvalue weighted by molar-refractivity contribution is 7.12. The zero-order valence-corrected chi connectivity index (χ0v) is 16.1. The maximum atomic E-state index is 12.7. The fourth-order valence-electron chi connectivity index (χ4n) is 3.45. The third-order valence-corrected chi connectivity index (χ3v) is 5.67. The van der Waals surface area contributed by atoms with Crippen molar-refractivity contribution in [1.29, 1.82) is 0 Å². The molecule has 2 N–H and O–H groups in total. The maximum absolute atomic E-state index is 12.7. The number of rotatable bonds is 5. The second-order valence-corrected chi connectivity index (χ2v) is 7.39. The molecule has 140 valence electrons. The number of nitrogens with zero attached hydrogens (tertiary/aromatic N) is 1. The second kappa shape index (κ2) is 9.40. The van der Waals surface area contributed by atoms with Crippen molar-refractivity contribution in [3.63, 3.8) is 0 Å². The summed E-state index contributed by atoms with van der Waals surface area (Å²) >= 11 is 1.42. The third-order valence-electron chi connectivity index (χ3n) is 4.79. The van der Waals surface area contributed by atoms with Crippen molar-refractivity contribution in [1.82, 2.24) is 15.5 Å². The monoisotopic (exact) mass is 387 g/mol. The summed E-state index contributed by atoms with van der Waals surface area (Å²) in [5.74, 6) is 1.10. The molecule has 2 aliphatic heterocycles. The van der Waals surface area contributed by atoms with Gasteiger partial charge in [-0.3, -0.25) is 9.59 Å². The number of halogens is 1. The van der Waals surface area contributed by atoms with Crippen LogP contribution >= 0.6 is 23.7 Å². The van der Waals surface area contributed by atoms with Crippen molar-refractivity contribution < 1.29 is 14.3 Å². The average Bonchev–Trinajstić information content (AvgIpc) is 3.30. The van der Waals surface area contributed by atoms with Gasteiger partial charge in [0.15, 0.2) is 0 Å². The maximum Gasteiger partial charge on any atom is 0.267 e. The van der Waals surface area contributed by atoms with Gasteiger partial charge in [0.25, 0.3) is 5.91 Å². The molecule has 1 aromatic heterocycles. The predicted octanol–water partition coefficient (Wildman–Crippen LogP) is 1.90. The van der Waals surface area contributed by atoms with E-state index in [1.807, 2.05) is 16.3 Å². The minimum atomic E-state index is -0.0401. The first-order valence-electron chi connectivity index (χ1n) is 8.61. The fraction of sp³-hybridized carbons (Fsp3) is 0.647. The van der Waals surface area contributed by atoms with Gasteiger partial charge < -0.3 is 20.3 Å². The number of likely N-dealkylation sites (tertiary alicyclic amines) is 1. The minimum absolute atomic E-state index is 0.